The van der Waals surface area contributed by atoms with Gasteiger partial charge in [-0.3, -0.25) is 0 Å². The number of likely N-dealkylation sites (N-methyl/N-ethyl adjacent to an activating group) is 1. The molecule has 3 atom stereocenters. The van der Waals surface area contributed by atoms with Crippen molar-refractivity contribution in [2.24, 2.45) is 0 Å². The number of likely N-dealkylation sites (tertiary alicyclic amines) is 1. The van der Waals surface area contributed by atoms with E-state index in [1.165, 1.54) is 6.07 Å². The molecule has 0 amide bonds. The van der Waals surface area contributed by atoms with Crippen molar-refractivity contribution in [3.63, 3.8) is 0 Å². The van der Waals surface area contributed by atoms with Crippen molar-refractivity contribution in [3.05, 3.63) is 47.5 Å². The fourth-order valence-corrected chi connectivity index (χ4v) is 7.15. The monoisotopic (exact) mass is 627 g/mol. The van der Waals surface area contributed by atoms with Crippen molar-refractivity contribution in [2.75, 3.05) is 44.8 Å². The highest BCUT2D eigenvalue weighted by atomic mass is 35.5. The van der Waals surface area contributed by atoms with Crippen molar-refractivity contribution >= 4 is 39.1 Å². The van der Waals surface area contributed by atoms with Gasteiger partial charge in [0.25, 0.3) is 0 Å². The van der Waals surface area contributed by atoms with Gasteiger partial charge in [0.2, 0.25) is 0 Å². The zero-order chi connectivity index (χ0) is 30.6. The van der Waals surface area contributed by atoms with Crippen molar-refractivity contribution in [1.82, 2.24) is 20.2 Å². The Hall–Kier alpha value is -3.54. The number of halogens is 4. The lowest BCUT2D eigenvalue weighted by Gasteiger charge is -2.34. The lowest BCUT2D eigenvalue weighted by molar-refractivity contribution is -0.153. The molecule has 8 nitrogen and oxygen atoms in total. The fourth-order valence-electron chi connectivity index (χ4n) is 6.85. The Morgan fingerprint density at radius 3 is 2.52 bits per heavy atom. The Kier molecular flexibility index (Phi) is 7.58. The van der Waals surface area contributed by atoms with Crippen LogP contribution in [-0.2, 0) is 0 Å². The van der Waals surface area contributed by atoms with Crippen LogP contribution in [0.3, 0.4) is 0 Å². The predicted octanol–water partition coefficient (Wildman–Crippen LogP) is 6.16. The number of fused-ring (bicyclic) bond motifs is 4. The minimum Gasteiger partial charge on any atom is -0.508 e. The summed E-state index contributed by atoms with van der Waals surface area (Å²) in [5.74, 6) is 0.362. The van der Waals surface area contributed by atoms with Gasteiger partial charge in [0, 0.05) is 42.2 Å². The molecule has 232 valence electrons. The van der Waals surface area contributed by atoms with E-state index in [4.69, 9.17) is 31.0 Å². The van der Waals surface area contributed by atoms with Crippen molar-refractivity contribution in [1.29, 1.82) is 0 Å². The van der Waals surface area contributed by atoms with Crippen LogP contribution in [0.1, 0.15) is 25.7 Å². The van der Waals surface area contributed by atoms with Gasteiger partial charge in [-0.2, -0.15) is 23.1 Å². The molecule has 3 aliphatic rings. The lowest BCUT2D eigenvalue weighted by atomic mass is 9.95. The maximum absolute atomic E-state index is 13.7. The van der Waals surface area contributed by atoms with E-state index >= 15 is 0 Å². The number of aromatic nitrogens is 2. The molecule has 0 spiro atoms. The maximum atomic E-state index is 13.7. The topological polar surface area (TPSA) is 83.0 Å². The van der Waals surface area contributed by atoms with Crippen molar-refractivity contribution in [2.45, 2.75) is 50.0 Å². The van der Waals surface area contributed by atoms with E-state index in [1.54, 1.807) is 12.1 Å². The van der Waals surface area contributed by atoms with Gasteiger partial charge < -0.3 is 29.7 Å². The molecule has 44 heavy (non-hydrogen) atoms. The minimum atomic E-state index is -4.62. The van der Waals surface area contributed by atoms with E-state index in [0.29, 0.717) is 47.2 Å². The van der Waals surface area contributed by atoms with E-state index in [-0.39, 0.29) is 51.7 Å². The number of hydrogen-bond acceptors (Lipinski definition) is 8. The van der Waals surface area contributed by atoms with E-state index in [0.717, 1.165) is 32.2 Å². The van der Waals surface area contributed by atoms with Crippen LogP contribution in [0.15, 0.2) is 42.5 Å². The summed E-state index contributed by atoms with van der Waals surface area (Å²) in [5.41, 5.74) is 0.814. The average Bonchev–Trinajstić information content (AvgIpc) is 3.56. The van der Waals surface area contributed by atoms with Crippen LogP contribution >= 0.6 is 11.6 Å². The predicted molar refractivity (Wildman–Crippen MR) is 164 cm³/mol. The Labute approximate surface area is 257 Å². The van der Waals surface area contributed by atoms with Crippen LogP contribution in [0.5, 0.6) is 17.5 Å². The molecular weight excluding hydrogens is 595 g/mol. The zero-order valence-electron chi connectivity index (χ0n) is 24.2. The number of nitrogens with one attached hydrogen (secondary N) is 1. The summed E-state index contributed by atoms with van der Waals surface area (Å²) >= 11 is 6.96. The zero-order valence-corrected chi connectivity index (χ0v) is 25.0. The molecule has 3 aliphatic heterocycles. The Morgan fingerprint density at radius 2 is 1.80 bits per heavy atom. The van der Waals surface area contributed by atoms with Gasteiger partial charge in [-0.15, -0.1) is 0 Å². The summed E-state index contributed by atoms with van der Waals surface area (Å²) in [7, 11) is 2.04. The minimum absolute atomic E-state index is 0.0546. The van der Waals surface area contributed by atoms with E-state index in [2.05, 4.69) is 15.1 Å². The number of anilines is 1. The molecular formula is C32H33ClF3N5O3. The summed E-state index contributed by atoms with van der Waals surface area (Å²) in [6.07, 6.45) is -0.504. The smallest absolute Gasteiger partial charge is 0.422 e. The fraction of sp³-hybridized carbons (Fsp3) is 0.438. The largest absolute Gasteiger partial charge is 0.508 e. The number of ether oxygens (including phenoxy) is 2. The Morgan fingerprint density at radius 1 is 1.02 bits per heavy atom. The number of phenolic OH excluding ortho intramolecular Hbond substituents is 1. The third kappa shape index (κ3) is 5.68. The molecule has 3 fully saturated rings. The summed E-state index contributed by atoms with van der Waals surface area (Å²) in [6.45, 7) is 1.14. The van der Waals surface area contributed by atoms with Crippen LogP contribution in [0.4, 0.5) is 19.0 Å². The second-order valence-corrected chi connectivity index (χ2v) is 12.4. The number of piperazine rings is 1. The maximum Gasteiger partial charge on any atom is 0.422 e. The summed E-state index contributed by atoms with van der Waals surface area (Å²) in [4.78, 5) is 13.9. The molecule has 4 aromatic rings. The lowest BCUT2D eigenvalue weighted by Crippen LogP contribution is -2.51. The molecule has 3 saturated heterocycles. The quantitative estimate of drug-likeness (QED) is 0.252. The first kappa shape index (κ1) is 29.2. The van der Waals surface area contributed by atoms with Crippen LogP contribution in [-0.4, -0.2) is 84.2 Å². The Bertz CT molecular complexity index is 1710. The number of hydrogen-bond donors (Lipinski definition) is 2. The SMILES string of the molecule is CN1CCC[C@H]1COc1nc(N2C[C@H]3CC[C@@H](C2)N3)c2cc(Cl)c(-c3cc(O)cc4ccccc34)c(OCC(F)(F)F)c2n1. The third-order valence-corrected chi connectivity index (χ3v) is 9.24. The van der Waals surface area contributed by atoms with Crippen molar-refractivity contribution in [3.8, 4) is 28.6 Å². The van der Waals surface area contributed by atoms with Crippen LogP contribution in [0, 0.1) is 0 Å². The first-order valence-electron chi connectivity index (χ1n) is 14.9. The van der Waals surface area contributed by atoms with E-state index in [9.17, 15) is 18.3 Å². The van der Waals surface area contributed by atoms with Crippen LogP contribution < -0.4 is 19.7 Å². The molecule has 7 rings (SSSR count). The molecule has 0 aliphatic carbocycles. The number of benzene rings is 3. The van der Waals surface area contributed by atoms with Gasteiger partial charge >= 0.3 is 12.2 Å². The standard InChI is InChI=1S/C32H33ClF3N5O3/c1-40-10-4-6-21(40)16-43-31-38-28-25(30(39-31)41-14-19-8-9-20(15-41)37-19)13-26(33)27(29(28)44-17-32(34,35)36)24-12-22(42)11-18-5-2-3-7-23(18)24/h2-3,5,7,11-13,19-21,37,42H,4,6,8-10,14-17H2,1H3/t19-,20+,21-/m0/s1. The van der Waals surface area contributed by atoms with Crippen molar-refractivity contribution < 1.29 is 27.8 Å². The van der Waals surface area contributed by atoms with Crippen LogP contribution in [0.25, 0.3) is 32.8 Å². The summed E-state index contributed by atoms with van der Waals surface area (Å²) in [6, 6.07) is 12.9. The Balaban J connectivity index is 1.44. The molecule has 2 N–H and O–H groups in total. The highest BCUT2D eigenvalue weighted by Gasteiger charge is 2.36. The molecule has 2 bridgehead atoms. The molecule has 0 radical (unpaired) electrons. The van der Waals surface area contributed by atoms with Gasteiger partial charge in [0.1, 0.15) is 23.7 Å². The van der Waals surface area contributed by atoms with Gasteiger partial charge in [0.15, 0.2) is 12.4 Å². The number of rotatable bonds is 7. The molecule has 3 aromatic carbocycles. The number of nitrogens with zero attached hydrogens (tertiary/aromatic N) is 4. The van der Waals surface area contributed by atoms with Gasteiger partial charge in [-0.25, -0.2) is 0 Å². The molecule has 1 aromatic heterocycles. The van der Waals surface area contributed by atoms with Crippen LogP contribution in [0.2, 0.25) is 5.02 Å². The van der Waals surface area contributed by atoms with E-state index in [1.807, 2.05) is 31.3 Å². The molecule has 12 heteroatoms. The molecule has 0 unspecified atom stereocenters. The first-order valence-corrected chi connectivity index (χ1v) is 15.3. The second kappa shape index (κ2) is 11.4. The van der Waals surface area contributed by atoms with Gasteiger partial charge in [0.05, 0.1) is 5.02 Å². The second-order valence-electron chi connectivity index (χ2n) is 12.0. The van der Waals surface area contributed by atoms with Gasteiger partial charge in [-0.05, 0) is 73.8 Å². The van der Waals surface area contributed by atoms with E-state index < -0.39 is 12.8 Å². The molecule has 4 heterocycles. The summed E-state index contributed by atoms with van der Waals surface area (Å²) < 4.78 is 52.9. The number of aromatic hydroxyl groups is 1. The highest BCUT2D eigenvalue weighted by Crippen LogP contribution is 2.48. The number of phenols is 1. The normalized spacial score (nSPS) is 22.3. The average molecular weight is 628 g/mol. The first-order chi connectivity index (χ1) is 21.1. The van der Waals surface area contributed by atoms with Gasteiger partial charge in [-0.1, -0.05) is 35.9 Å². The third-order valence-electron chi connectivity index (χ3n) is 8.95. The summed E-state index contributed by atoms with van der Waals surface area (Å²) in [5, 5.41) is 16.3. The number of alkyl halides is 3. The molecule has 0 saturated carbocycles. The highest BCUT2D eigenvalue weighted by molar-refractivity contribution is 6.35.